The minimum atomic E-state index is -1.53. The van der Waals surface area contributed by atoms with Gasteiger partial charge in [-0.05, 0) is 18.6 Å². The van der Waals surface area contributed by atoms with E-state index in [1.165, 1.54) is 0 Å². The van der Waals surface area contributed by atoms with E-state index in [4.69, 9.17) is 15.3 Å². The fourth-order valence-corrected chi connectivity index (χ4v) is 0.902. The first-order chi connectivity index (χ1) is 5.15. The molecule has 1 rings (SSSR count). The third-order valence-electron chi connectivity index (χ3n) is 1.43. The zero-order valence-electron chi connectivity index (χ0n) is 6.00. The van der Waals surface area contributed by atoms with E-state index >= 15 is 0 Å². The number of hydrogen-bond donors (Lipinski definition) is 3. The minimum Gasteiger partial charge on any atom is -0.422 e. The number of hydrogen-bond acceptors (Lipinski definition) is 3. The number of nitrogens with zero attached hydrogens (tertiary/aromatic N) is 1. The van der Waals surface area contributed by atoms with Crippen molar-refractivity contribution in [2.45, 2.75) is 6.92 Å². The molecular formula is C6H7BN2O2. The number of aryl methyl sites for hydroxylation is 1. The first-order valence-electron chi connectivity index (χ1n) is 3.11. The normalized spacial score (nSPS) is 9.27. The molecule has 56 valence electrons. The zero-order valence-corrected chi connectivity index (χ0v) is 6.00. The summed E-state index contributed by atoms with van der Waals surface area (Å²) in [4.78, 5) is 2.57. The highest BCUT2D eigenvalue weighted by Gasteiger charge is 2.16. The van der Waals surface area contributed by atoms with Crippen molar-refractivity contribution < 1.29 is 10.0 Å². The van der Waals surface area contributed by atoms with Crippen molar-refractivity contribution in [2.24, 2.45) is 0 Å². The molecule has 4 nitrogen and oxygen atoms in total. The smallest absolute Gasteiger partial charge is 0.422 e. The van der Waals surface area contributed by atoms with Crippen molar-refractivity contribution in [2.75, 3.05) is 0 Å². The van der Waals surface area contributed by atoms with Gasteiger partial charge in [0.25, 0.3) is 0 Å². The van der Waals surface area contributed by atoms with Crippen molar-refractivity contribution in [1.29, 1.82) is 5.26 Å². The maximum Gasteiger partial charge on any atom is 0.505 e. The summed E-state index contributed by atoms with van der Waals surface area (Å²) in [5.41, 5.74) is 1.30. The van der Waals surface area contributed by atoms with Gasteiger partial charge < -0.3 is 15.0 Å². The van der Waals surface area contributed by atoms with Crippen molar-refractivity contribution in [3.8, 4) is 6.07 Å². The molecule has 11 heavy (non-hydrogen) atoms. The molecule has 3 N–H and O–H groups in total. The largest absolute Gasteiger partial charge is 0.505 e. The van der Waals surface area contributed by atoms with Crippen LogP contribution >= 0.6 is 0 Å². The van der Waals surface area contributed by atoms with Crippen LogP contribution < -0.4 is 5.59 Å². The van der Waals surface area contributed by atoms with Crippen molar-refractivity contribution in [3.05, 3.63) is 17.3 Å². The number of nitriles is 1. The molecule has 0 spiro atoms. The average molecular weight is 150 g/mol. The number of aromatic amines is 1. The highest BCUT2D eigenvalue weighted by Crippen LogP contribution is 1.97. The quantitative estimate of drug-likeness (QED) is 0.443. The van der Waals surface area contributed by atoms with Crippen LogP contribution in [0.4, 0.5) is 0 Å². The molecule has 1 aromatic heterocycles. The molecule has 0 atom stereocenters. The monoisotopic (exact) mass is 150 g/mol. The van der Waals surface area contributed by atoms with Crippen LogP contribution in [0.3, 0.4) is 0 Å². The Hall–Kier alpha value is -1.25. The van der Waals surface area contributed by atoms with Crippen LogP contribution in [0.2, 0.25) is 0 Å². The van der Waals surface area contributed by atoms with Gasteiger partial charge in [-0.3, -0.25) is 0 Å². The summed E-state index contributed by atoms with van der Waals surface area (Å²) in [6.45, 7) is 1.70. The second-order valence-corrected chi connectivity index (χ2v) is 2.27. The summed E-state index contributed by atoms with van der Waals surface area (Å²) in [7, 11) is -1.53. The molecule has 0 aromatic carbocycles. The molecular weight excluding hydrogens is 143 g/mol. The summed E-state index contributed by atoms with van der Waals surface area (Å²) in [6.07, 6.45) is 0. The van der Waals surface area contributed by atoms with Crippen LogP contribution in [0.1, 0.15) is 11.3 Å². The number of H-pyrrole nitrogens is 1. The van der Waals surface area contributed by atoms with Gasteiger partial charge in [0.05, 0.1) is 0 Å². The van der Waals surface area contributed by atoms with E-state index in [1.807, 2.05) is 6.07 Å². The SMILES string of the molecule is Cc1cc(C#N)[nH]c1B(O)O. The van der Waals surface area contributed by atoms with E-state index in [0.29, 0.717) is 11.3 Å². The van der Waals surface area contributed by atoms with E-state index < -0.39 is 7.12 Å². The van der Waals surface area contributed by atoms with E-state index in [0.717, 1.165) is 0 Å². The number of aromatic nitrogens is 1. The van der Waals surface area contributed by atoms with Gasteiger partial charge in [0, 0.05) is 5.59 Å². The van der Waals surface area contributed by atoms with E-state index in [1.54, 1.807) is 13.0 Å². The molecule has 0 amide bonds. The predicted molar refractivity (Wildman–Crippen MR) is 40.1 cm³/mol. The van der Waals surface area contributed by atoms with Gasteiger partial charge >= 0.3 is 7.12 Å². The fourth-order valence-electron chi connectivity index (χ4n) is 0.902. The molecule has 0 saturated heterocycles. The lowest BCUT2D eigenvalue weighted by Crippen LogP contribution is -2.32. The molecule has 0 aliphatic heterocycles. The van der Waals surface area contributed by atoms with E-state index in [9.17, 15) is 0 Å². The van der Waals surface area contributed by atoms with Gasteiger partial charge in [-0.1, -0.05) is 0 Å². The second-order valence-electron chi connectivity index (χ2n) is 2.27. The van der Waals surface area contributed by atoms with Crippen LogP contribution in [0.5, 0.6) is 0 Å². The van der Waals surface area contributed by atoms with Crippen molar-refractivity contribution >= 4 is 12.7 Å². The van der Waals surface area contributed by atoms with Crippen LogP contribution in [-0.4, -0.2) is 22.2 Å². The summed E-state index contributed by atoms with van der Waals surface area (Å²) in [5, 5.41) is 25.9. The summed E-state index contributed by atoms with van der Waals surface area (Å²) in [5.74, 6) is 0. The Balaban J connectivity index is 3.09. The maximum atomic E-state index is 8.73. The van der Waals surface area contributed by atoms with E-state index in [2.05, 4.69) is 4.98 Å². The molecule has 0 saturated carbocycles. The molecule has 0 fully saturated rings. The topological polar surface area (TPSA) is 80.0 Å². The molecule has 0 unspecified atom stereocenters. The molecule has 0 radical (unpaired) electrons. The summed E-state index contributed by atoms with van der Waals surface area (Å²) < 4.78 is 0. The van der Waals surface area contributed by atoms with Gasteiger partial charge in [-0.15, -0.1) is 0 Å². The standard InChI is InChI=1S/C6H7BN2O2/c1-4-2-5(3-8)9-6(4)7(10)11/h2,9-11H,1H3. The van der Waals surface area contributed by atoms with Gasteiger partial charge in [-0.25, -0.2) is 0 Å². The van der Waals surface area contributed by atoms with Gasteiger partial charge in [0.1, 0.15) is 11.8 Å². The molecule has 0 aliphatic rings. The maximum absolute atomic E-state index is 8.73. The Morgan fingerprint density at radius 3 is 2.55 bits per heavy atom. The van der Waals surface area contributed by atoms with Gasteiger partial charge in [-0.2, -0.15) is 5.26 Å². The Labute approximate surface area is 64.2 Å². The van der Waals surface area contributed by atoms with Crippen LogP contribution in [0, 0.1) is 18.3 Å². The Morgan fingerprint density at radius 2 is 2.27 bits per heavy atom. The van der Waals surface area contributed by atoms with Crippen molar-refractivity contribution in [3.63, 3.8) is 0 Å². The molecule has 5 heteroatoms. The lowest BCUT2D eigenvalue weighted by Gasteiger charge is -1.94. The summed E-state index contributed by atoms with van der Waals surface area (Å²) in [6, 6.07) is 3.43. The fraction of sp³-hybridized carbons (Fsp3) is 0.167. The van der Waals surface area contributed by atoms with Gasteiger partial charge in [0.2, 0.25) is 0 Å². The lowest BCUT2D eigenvalue weighted by molar-refractivity contribution is 0.424. The van der Waals surface area contributed by atoms with Gasteiger partial charge in [0.15, 0.2) is 0 Å². The van der Waals surface area contributed by atoms with Crippen LogP contribution in [0.25, 0.3) is 0 Å². The second kappa shape index (κ2) is 2.78. The average Bonchev–Trinajstić information content (AvgIpc) is 2.30. The number of nitrogens with one attached hydrogen (secondary N) is 1. The molecule has 1 heterocycles. The Bertz CT molecular complexity index is 300. The highest BCUT2D eigenvalue weighted by molar-refractivity contribution is 6.58. The lowest BCUT2D eigenvalue weighted by atomic mass is 9.84. The minimum absolute atomic E-state index is 0.279. The van der Waals surface area contributed by atoms with Crippen LogP contribution in [-0.2, 0) is 0 Å². The first-order valence-corrected chi connectivity index (χ1v) is 3.11. The molecule has 0 aliphatic carbocycles. The predicted octanol–water partition coefficient (Wildman–Crippen LogP) is -1.13. The summed E-state index contributed by atoms with van der Waals surface area (Å²) >= 11 is 0. The van der Waals surface area contributed by atoms with E-state index in [-0.39, 0.29) is 5.59 Å². The molecule has 1 aromatic rings. The zero-order chi connectivity index (χ0) is 8.43. The van der Waals surface area contributed by atoms with Crippen molar-refractivity contribution in [1.82, 2.24) is 4.98 Å². The van der Waals surface area contributed by atoms with Crippen LogP contribution in [0.15, 0.2) is 6.07 Å². The number of rotatable bonds is 1. The third-order valence-corrected chi connectivity index (χ3v) is 1.43. The molecule has 0 bridgehead atoms. The Morgan fingerprint density at radius 1 is 1.64 bits per heavy atom. The highest BCUT2D eigenvalue weighted by atomic mass is 16.4. The third kappa shape index (κ3) is 1.42. The Kier molecular flexibility index (Phi) is 1.99. The first kappa shape index (κ1) is 7.86.